The largest absolute Gasteiger partial charge is 0.445 e. The first kappa shape index (κ1) is 16.4. The molecule has 1 heterocycles. The lowest BCUT2D eigenvalue weighted by Crippen LogP contribution is -2.52. The number of carbonyl (C=O) groups excluding carboxylic acids is 1. The lowest BCUT2D eigenvalue weighted by atomic mass is 9.87. The van der Waals surface area contributed by atoms with E-state index in [4.69, 9.17) is 9.26 Å². The summed E-state index contributed by atoms with van der Waals surface area (Å²) in [6, 6.07) is 10.2. The fraction of sp³-hybridized carbons (Fsp3) is 0.471. The molecule has 1 aromatic carbocycles. The van der Waals surface area contributed by atoms with Crippen LogP contribution in [0.1, 0.15) is 30.1 Å². The molecular weight excluding hydrogens is 308 g/mol. The van der Waals surface area contributed by atoms with Crippen LogP contribution in [0.2, 0.25) is 0 Å². The first-order valence-corrected chi connectivity index (χ1v) is 8.19. The molecule has 3 rings (SSSR count). The van der Waals surface area contributed by atoms with Crippen LogP contribution in [0.3, 0.4) is 0 Å². The van der Waals surface area contributed by atoms with Crippen LogP contribution in [0, 0.1) is 6.92 Å². The quantitative estimate of drug-likeness (QED) is 0.807. The third-order valence-electron chi connectivity index (χ3n) is 4.01. The smallest absolute Gasteiger partial charge is 0.407 e. The van der Waals surface area contributed by atoms with Gasteiger partial charge in [-0.25, -0.2) is 4.79 Å². The van der Waals surface area contributed by atoms with Crippen molar-refractivity contribution in [2.45, 2.75) is 44.9 Å². The lowest BCUT2D eigenvalue weighted by molar-refractivity contribution is 0.125. The molecule has 0 saturated heterocycles. The average Bonchev–Trinajstić information content (AvgIpc) is 2.97. The van der Waals surface area contributed by atoms with Gasteiger partial charge in [-0.1, -0.05) is 35.5 Å². The molecule has 1 amide bonds. The molecule has 128 valence electrons. The second-order valence-electron chi connectivity index (χ2n) is 6.01. The fourth-order valence-corrected chi connectivity index (χ4v) is 2.66. The molecule has 7 heteroatoms. The van der Waals surface area contributed by atoms with Crippen molar-refractivity contribution in [1.29, 1.82) is 0 Å². The Labute approximate surface area is 140 Å². The highest BCUT2D eigenvalue weighted by Crippen LogP contribution is 2.20. The van der Waals surface area contributed by atoms with Gasteiger partial charge in [0.15, 0.2) is 5.82 Å². The Bertz CT molecular complexity index is 653. The van der Waals surface area contributed by atoms with Gasteiger partial charge in [-0.05, 0) is 25.3 Å². The highest BCUT2D eigenvalue weighted by atomic mass is 16.5. The number of rotatable bonds is 7. The van der Waals surface area contributed by atoms with Crippen LogP contribution in [-0.2, 0) is 17.8 Å². The van der Waals surface area contributed by atoms with Gasteiger partial charge in [-0.2, -0.15) is 4.98 Å². The molecule has 0 bridgehead atoms. The van der Waals surface area contributed by atoms with Crippen LogP contribution in [-0.4, -0.2) is 34.9 Å². The number of nitrogens with one attached hydrogen (secondary N) is 2. The van der Waals surface area contributed by atoms with E-state index >= 15 is 0 Å². The third-order valence-corrected chi connectivity index (χ3v) is 4.01. The summed E-state index contributed by atoms with van der Waals surface area (Å²) in [5, 5.41) is 10.1. The van der Waals surface area contributed by atoms with E-state index in [0.717, 1.165) is 24.9 Å². The second-order valence-corrected chi connectivity index (χ2v) is 6.01. The van der Waals surface area contributed by atoms with E-state index in [2.05, 4.69) is 20.8 Å². The monoisotopic (exact) mass is 330 g/mol. The summed E-state index contributed by atoms with van der Waals surface area (Å²) in [4.78, 5) is 15.9. The first-order valence-electron chi connectivity index (χ1n) is 8.19. The zero-order valence-corrected chi connectivity index (χ0v) is 13.7. The topological polar surface area (TPSA) is 89.3 Å². The average molecular weight is 330 g/mol. The summed E-state index contributed by atoms with van der Waals surface area (Å²) in [5.74, 6) is 1.31. The zero-order valence-electron chi connectivity index (χ0n) is 13.7. The molecular formula is C17H22N4O3. The van der Waals surface area contributed by atoms with E-state index < -0.39 is 0 Å². The number of aryl methyl sites for hydroxylation is 1. The van der Waals surface area contributed by atoms with Gasteiger partial charge >= 0.3 is 6.09 Å². The van der Waals surface area contributed by atoms with Crippen LogP contribution < -0.4 is 10.6 Å². The Morgan fingerprint density at radius 3 is 2.79 bits per heavy atom. The van der Waals surface area contributed by atoms with Gasteiger partial charge < -0.3 is 19.9 Å². The van der Waals surface area contributed by atoms with E-state index in [9.17, 15) is 4.79 Å². The molecule has 0 spiro atoms. The van der Waals surface area contributed by atoms with Crippen molar-refractivity contribution >= 4 is 6.09 Å². The highest BCUT2D eigenvalue weighted by Gasteiger charge is 2.30. The number of ether oxygens (including phenoxy) is 1. The van der Waals surface area contributed by atoms with Crippen LogP contribution in [0.4, 0.5) is 4.79 Å². The summed E-state index contributed by atoms with van der Waals surface area (Å²) >= 11 is 0. The number of carbonyl (C=O) groups is 1. The summed E-state index contributed by atoms with van der Waals surface area (Å²) < 4.78 is 10.3. The van der Waals surface area contributed by atoms with Crippen LogP contribution >= 0.6 is 0 Å². The van der Waals surface area contributed by atoms with E-state index in [1.165, 1.54) is 0 Å². The molecule has 1 aliphatic rings. The molecule has 2 N–H and O–H groups in total. The fourth-order valence-electron chi connectivity index (χ4n) is 2.66. The van der Waals surface area contributed by atoms with Crippen molar-refractivity contribution in [2.24, 2.45) is 0 Å². The van der Waals surface area contributed by atoms with E-state index in [0.29, 0.717) is 30.8 Å². The van der Waals surface area contributed by atoms with Gasteiger partial charge in [0.1, 0.15) is 6.61 Å². The number of benzene rings is 1. The summed E-state index contributed by atoms with van der Waals surface area (Å²) in [6.07, 6.45) is 2.17. The minimum atomic E-state index is -0.358. The Kier molecular flexibility index (Phi) is 5.43. The molecule has 2 aromatic rings. The lowest BCUT2D eigenvalue weighted by Gasteiger charge is -2.36. The van der Waals surface area contributed by atoms with Gasteiger partial charge in [0.2, 0.25) is 5.89 Å². The SMILES string of the molecule is Cc1noc(CCNC2CC(NC(=O)OCc3ccccc3)C2)n1. The standard InChI is InChI=1S/C17H22N4O3/c1-12-19-16(24-21-12)7-8-18-14-9-15(10-14)20-17(22)23-11-13-5-3-2-4-6-13/h2-6,14-15,18H,7-11H2,1H3,(H,20,22). The molecule has 1 saturated carbocycles. The zero-order chi connectivity index (χ0) is 16.8. The highest BCUT2D eigenvalue weighted by molar-refractivity contribution is 5.67. The van der Waals surface area contributed by atoms with Gasteiger partial charge in [0.05, 0.1) is 0 Å². The summed E-state index contributed by atoms with van der Waals surface area (Å²) in [5.41, 5.74) is 0.983. The van der Waals surface area contributed by atoms with Crippen LogP contribution in [0.25, 0.3) is 0 Å². The van der Waals surface area contributed by atoms with Crippen molar-refractivity contribution in [3.05, 3.63) is 47.6 Å². The Hall–Kier alpha value is -2.41. The molecule has 0 radical (unpaired) electrons. The van der Waals surface area contributed by atoms with Crippen molar-refractivity contribution < 1.29 is 14.1 Å². The second kappa shape index (κ2) is 7.92. The number of hydrogen-bond acceptors (Lipinski definition) is 6. The van der Waals surface area contributed by atoms with Crippen molar-refractivity contribution in [1.82, 2.24) is 20.8 Å². The van der Waals surface area contributed by atoms with Crippen LogP contribution in [0.15, 0.2) is 34.9 Å². The number of nitrogens with zero attached hydrogens (tertiary/aromatic N) is 2. The molecule has 24 heavy (non-hydrogen) atoms. The van der Waals surface area contributed by atoms with Gasteiger partial charge in [-0.15, -0.1) is 0 Å². The van der Waals surface area contributed by atoms with E-state index in [1.807, 2.05) is 30.3 Å². The minimum absolute atomic E-state index is 0.177. The molecule has 0 aliphatic heterocycles. The predicted octanol–water partition coefficient (Wildman–Crippen LogP) is 1.97. The maximum absolute atomic E-state index is 11.7. The van der Waals surface area contributed by atoms with Gasteiger partial charge in [0.25, 0.3) is 0 Å². The normalized spacial score (nSPS) is 19.5. The molecule has 7 nitrogen and oxygen atoms in total. The Balaban J connectivity index is 1.26. The molecule has 1 fully saturated rings. The van der Waals surface area contributed by atoms with Gasteiger partial charge in [-0.3, -0.25) is 0 Å². The number of aromatic nitrogens is 2. The summed E-state index contributed by atoms with van der Waals surface area (Å²) in [6.45, 7) is 2.89. The molecule has 0 unspecified atom stereocenters. The van der Waals surface area contributed by atoms with Crippen molar-refractivity contribution in [2.75, 3.05) is 6.54 Å². The number of hydrogen-bond donors (Lipinski definition) is 2. The number of amides is 1. The maximum atomic E-state index is 11.7. The number of alkyl carbamates (subject to hydrolysis) is 1. The van der Waals surface area contributed by atoms with Gasteiger partial charge in [0, 0.05) is 25.0 Å². The first-order chi connectivity index (χ1) is 11.7. The van der Waals surface area contributed by atoms with Crippen molar-refractivity contribution in [3.8, 4) is 0 Å². The Morgan fingerprint density at radius 2 is 2.08 bits per heavy atom. The minimum Gasteiger partial charge on any atom is -0.445 e. The van der Waals surface area contributed by atoms with Crippen molar-refractivity contribution in [3.63, 3.8) is 0 Å². The van der Waals surface area contributed by atoms with E-state index in [1.54, 1.807) is 6.92 Å². The molecule has 1 aliphatic carbocycles. The molecule has 0 atom stereocenters. The third kappa shape index (κ3) is 4.79. The maximum Gasteiger partial charge on any atom is 0.407 e. The Morgan fingerprint density at radius 1 is 1.29 bits per heavy atom. The van der Waals surface area contributed by atoms with E-state index in [-0.39, 0.29) is 12.1 Å². The van der Waals surface area contributed by atoms with Crippen LogP contribution in [0.5, 0.6) is 0 Å². The predicted molar refractivity (Wildman–Crippen MR) is 87.3 cm³/mol. The molecule has 1 aromatic heterocycles. The summed E-state index contributed by atoms with van der Waals surface area (Å²) in [7, 11) is 0.